The number of carbonyl (C=O) groups is 1. The zero-order valence-electron chi connectivity index (χ0n) is 23.0. The van der Waals surface area contributed by atoms with E-state index < -0.39 is 18.5 Å². The molecule has 0 aliphatic heterocycles. The molecule has 0 spiro atoms. The van der Waals surface area contributed by atoms with Gasteiger partial charge in [0, 0.05) is 34.3 Å². The molecule has 1 aliphatic carbocycles. The number of halogens is 2. The maximum atomic E-state index is 14.8. The molecule has 2 aromatic heterocycles. The third-order valence-corrected chi connectivity index (χ3v) is 7.91. The Morgan fingerprint density at radius 2 is 2.15 bits per heavy atom. The maximum Gasteiger partial charge on any atom is 0.355 e. The molecule has 0 unspecified atom stereocenters. The minimum absolute atomic E-state index is 0.0553. The van der Waals surface area contributed by atoms with Crippen LogP contribution in [0.3, 0.4) is 0 Å². The number of carboxylic acid groups (broad SMARTS) is 1. The molecule has 41 heavy (non-hydrogen) atoms. The van der Waals surface area contributed by atoms with Crippen LogP contribution in [0.15, 0.2) is 58.9 Å². The molecule has 0 amide bonds. The fourth-order valence-corrected chi connectivity index (χ4v) is 5.15. The normalized spacial score (nSPS) is 13.8. The average molecular weight is 595 g/mol. The minimum Gasteiger partial charge on any atom is -0.476 e. The van der Waals surface area contributed by atoms with E-state index in [1.54, 1.807) is 35.0 Å². The van der Waals surface area contributed by atoms with Crippen molar-refractivity contribution in [2.24, 2.45) is 17.0 Å². The lowest BCUT2D eigenvalue weighted by Crippen LogP contribution is -2.06. The second-order valence-corrected chi connectivity index (χ2v) is 11.9. The lowest BCUT2D eigenvalue weighted by Gasteiger charge is -2.09. The van der Waals surface area contributed by atoms with Crippen molar-refractivity contribution in [2.75, 3.05) is 6.67 Å². The number of hydrogen-bond donors (Lipinski definition) is 2. The number of nitrogens with two attached hydrogens (primary N) is 1. The number of allylic oxidation sites excluding steroid dienone is 5. The number of benzene rings is 1. The highest BCUT2D eigenvalue weighted by Gasteiger charge is 2.29. The summed E-state index contributed by atoms with van der Waals surface area (Å²) in [5.41, 5.74) is 4.13. The quantitative estimate of drug-likeness (QED) is 0.130. The van der Waals surface area contributed by atoms with Crippen molar-refractivity contribution in [3.63, 3.8) is 0 Å². The van der Waals surface area contributed by atoms with Gasteiger partial charge in [-0.25, -0.2) is 23.2 Å². The van der Waals surface area contributed by atoms with E-state index in [2.05, 4.69) is 37.3 Å². The van der Waals surface area contributed by atoms with E-state index in [1.165, 1.54) is 22.8 Å². The Kier molecular flexibility index (Phi) is 10.3. The van der Waals surface area contributed by atoms with Gasteiger partial charge in [-0.2, -0.15) is 5.10 Å². The first-order chi connectivity index (χ1) is 19.7. The first-order valence-corrected chi connectivity index (χ1v) is 15.0. The van der Waals surface area contributed by atoms with Crippen LogP contribution in [0.5, 0.6) is 0 Å². The van der Waals surface area contributed by atoms with Crippen LogP contribution in [0.25, 0.3) is 16.4 Å². The molecule has 3 aromatic rings. The van der Waals surface area contributed by atoms with Gasteiger partial charge in [-0.1, -0.05) is 44.4 Å². The lowest BCUT2D eigenvalue weighted by molar-refractivity contribution is 0.0691. The Labute approximate surface area is 247 Å². The summed E-state index contributed by atoms with van der Waals surface area (Å²) in [7, 11) is 0. The zero-order valence-corrected chi connectivity index (χ0v) is 24.6. The second kappa shape index (κ2) is 13.9. The van der Waals surface area contributed by atoms with Gasteiger partial charge in [0.05, 0.1) is 17.0 Å². The summed E-state index contributed by atoms with van der Waals surface area (Å²) in [6.45, 7) is 7.39. The van der Waals surface area contributed by atoms with Crippen molar-refractivity contribution in [3.8, 4) is 28.2 Å². The molecule has 1 fully saturated rings. The predicted octanol–water partition coefficient (Wildman–Crippen LogP) is 7.30. The fourth-order valence-electron chi connectivity index (χ4n) is 4.16. The summed E-state index contributed by atoms with van der Waals surface area (Å²) in [4.78, 5) is 16.3. The van der Waals surface area contributed by atoms with Crippen LogP contribution in [-0.2, 0) is 12.8 Å². The van der Waals surface area contributed by atoms with Gasteiger partial charge in [0.2, 0.25) is 5.13 Å². The van der Waals surface area contributed by atoms with E-state index in [4.69, 9.17) is 10.2 Å². The molecule has 0 radical (unpaired) electrons. The van der Waals surface area contributed by atoms with Gasteiger partial charge < -0.3 is 5.11 Å². The molecule has 0 bridgehead atoms. The number of aromatic carboxylic acids is 1. The monoisotopic (exact) mass is 594 g/mol. The Hall–Kier alpha value is -3.52. The van der Waals surface area contributed by atoms with Crippen LogP contribution < -0.4 is 5.14 Å². The van der Waals surface area contributed by atoms with Crippen LogP contribution in [0, 0.1) is 29.5 Å². The third kappa shape index (κ3) is 7.82. The van der Waals surface area contributed by atoms with Gasteiger partial charge in [-0.05, 0) is 72.9 Å². The molecular weight excluding hydrogens is 562 g/mol. The standard InChI is InChI=1S/C31H32F2N4O2S2/c1-4-20(10-12-24(17-32)41-34)14-25-28(15-21-8-9-21)37(31-35-27(18-40-31)30(38)39)36-29(25)23-11-13-26(33)22(16-23)7-5-6-19(2)3/h4,10-13,16,18-19,21H,1,6,8-9,14-15,17,34H2,2-3H3,(H,38,39)/b20-10+,24-12+. The average Bonchev–Trinajstić information content (AvgIpc) is 3.51. The van der Waals surface area contributed by atoms with E-state index in [0.717, 1.165) is 48.0 Å². The van der Waals surface area contributed by atoms with E-state index in [9.17, 15) is 18.7 Å². The first kappa shape index (κ1) is 30.4. The summed E-state index contributed by atoms with van der Waals surface area (Å²) in [6.07, 6.45) is 9.07. The molecule has 214 valence electrons. The molecule has 4 rings (SSSR count). The van der Waals surface area contributed by atoms with Crippen LogP contribution in [0.1, 0.15) is 60.4 Å². The molecule has 1 aromatic carbocycles. The van der Waals surface area contributed by atoms with Crippen molar-refractivity contribution in [2.45, 2.75) is 46.0 Å². The van der Waals surface area contributed by atoms with Gasteiger partial charge in [0.25, 0.3) is 0 Å². The summed E-state index contributed by atoms with van der Waals surface area (Å²) in [6, 6.07) is 4.77. The Balaban J connectivity index is 1.90. The summed E-state index contributed by atoms with van der Waals surface area (Å²) < 4.78 is 29.7. The van der Waals surface area contributed by atoms with Crippen LogP contribution in [0.4, 0.5) is 8.78 Å². The topological polar surface area (TPSA) is 94.0 Å². The van der Waals surface area contributed by atoms with Crippen molar-refractivity contribution < 1.29 is 18.7 Å². The summed E-state index contributed by atoms with van der Waals surface area (Å²) in [5, 5.41) is 21.9. The number of aromatic nitrogens is 3. The molecule has 10 heteroatoms. The number of thiazole rings is 1. The molecule has 2 heterocycles. The third-order valence-electron chi connectivity index (χ3n) is 6.54. The van der Waals surface area contributed by atoms with E-state index in [1.807, 2.05) is 0 Å². The molecule has 0 atom stereocenters. The highest BCUT2D eigenvalue weighted by Crippen LogP contribution is 2.38. The molecular formula is C31H32F2N4O2S2. The van der Waals surface area contributed by atoms with Crippen LogP contribution in [-0.4, -0.2) is 32.5 Å². The summed E-state index contributed by atoms with van der Waals surface area (Å²) >= 11 is 2.05. The van der Waals surface area contributed by atoms with E-state index in [0.29, 0.717) is 46.0 Å². The highest BCUT2D eigenvalue weighted by atomic mass is 32.2. The van der Waals surface area contributed by atoms with E-state index in [-0.39, 0.29) is 11.3 Å². The molecule has 6 nitrogen and oxygen atoms in total. The molecule has 1 saturated carbocycles. The van der Waals surface area contributed by atoms with Gasteiger partial charge in [-0.15, -0.1) is 11.3 Å². The largest absolute Gasteiger partial charge is 0.476 e. The molecule has 3 N–H and O–H groups in total. The Morgan fingerprint density at radius 1 is 1.37 bits per heavy atom. The second-order valence-electron chi connectivity index (χ2n) is 10.3. The molecule has 0 saturated heterocycles. The van der Waals surface area contributed by atoms with Crippen molar-refractivity contribution >= 4 is 29.3 Å². The van der Waals surface area contributed by atoms with Crippen molar-refractivity contribution in [3.05, 3.63) is 87.2 Å². The highest BCUT2D eigenvalue weighted by molar-refractivity contribution is 8.00. The number of hydrogen-bond acceptors (Lipinski definition) is 6. The summed E-state index contributed by atoms with van der Waals surface area (Å²) in [5.74, 6) is 5.33. The minimum atomic E-state index is -1.11. The van der Waals surface area contributed by atoms with Gasteiger partial charge >= 0.3 is 5.97 Å². The number of carboxylic acids is 1. The van der Waals surface area contributed by atoms with Gasteiger partial charge in [0.15, 0.2) is 5.69 Å². The van der Waals surface area contributed by atoms with Crippen molar-refractivity contribution in [1.82, 2.24) is 14.8 Å². The smallest absolute Gasteiger partial charge is 0.355 e. The molecule has 1 aliphatic rings. The van der Waals surface area contributed by atoms with Gasteiger partial charge in [0.1, 0.15) is 12.5 Å². The van der Waals surface area contributed by atoms with E-state index >= 15 is 0 Å². The first-order valence-electron chi connectivity index (χ1n) is 13.3. The Bertz CT molecular complexity index is 1550. The van der Waals surface area contributed by atoms with Crippen LogP contribution >= 0.6 is 23.3 Å². The predicted molar refractivity (Wildman–Crippen MR) is 162 cm³/mol. The number of nitrogens with zero attached hydrogens (tertiary/aromatic N) is 3. The maximum absolute atomic E-state index is 14.8. The number of rotatable bonds is 12. The fraction of sp³-hybridized carbons (Fsp3) is 0.323. The van der Waals surface area contributed by atoms with Crippen LogP contribution in [0.2, 0.25) is 0 Å². The van der Waals surface area contributed by atoms with Crippen molar-refractivity contribution in [1.29, 1.82) is 0 Å². The SMILES string of the molecule is C=C/C(=C\C=C(/CF)SN)Cc1c(-c2ccc(F)c(C#CCC(C)C)c2)nn(-c2nc(C(=O)O)cs2)c1CC1CC1. The zero-order chi connectivity index (χ0) is 29.5. The lowest BCUT2D eigenvalue weighted by atomic mass is 9.95. The van der Waals surface area contributed by atoms with Gasteiger partial charge in [-0.3, -0.25) is 5.14 Å². The Morgan fingerprint density at radius 3 is 2.76 bits per heavy atom. The number of alkyl halides is 1.